The Balaban J connectivity index is 2.28. The second-order valence-corrected chi connectivity index (χ2v) is 7.31. The van der Waals surface area contributed by atoms with E-state index < -0.39 is 52.1 Å². The molecule has 13 heteroatoms. The first-order valence-electron chi connectivity index (χ1n) is 8.77. The predicted molar refractivity (Wildman–Crippen MR) is 97.9 cm³/mol. The van der Waals surface area contributed by atoms with Gasteiger partial charge in [0.2, 0.25) is 11.7 Å². The average molecular weight is 464 g/mol. The van der Waals surface area contributed by atoms with Crippen LogP contribution in [0.4, 0.5) is 26.7 Å². The van der Waals surface area contributed by atoms with E-state index in [0.29, 0.717) is 0 Å². The number of nitrogens with one attached hydrogen (secondary N) is 1. The van der Waals surface area contributed by atoms with Crippen molar-refractivity contribution in [3.8, 4) is 0 Å². The van der Waals surface area contributed by atoms with Crippen molar-refractivity contribution >= 4 is 23.5 Å². The number of nitrogens with zero attached hydrogens (tertiary/aromatic N) is 3. The molecule has 0 bridgehead atoms. The third-order valence-electron chi connectivity index (χ3n) is 5.10. The van der Waals surface area contributed by atoms with Gasteiger partial charge in [0.1, 0.15) is 22.2 Å². The standard InChI is InChI=1S/C18H15ClF5N5O2/c1-17(15(30)26-4-5-29(17)16(25)31)11(9-2-3-10(20)12(19)13(9)21)8-6-27-14(28-7-8)18(22,23)24/h2-3,6-7,11H,4-5H2,1H3,(H2,25,31)(H,26,30)/t11-,17?/m1/s1. The summed E-state index contributed by atoms with van der Waals surface area (Å²) in [4.78, 5) is 32.4. The normalized spacial score (nSPS) is 20.4. The molecule has 1 aliphatic heterocycles. The van der Waals surface area contributed by atoms with Crippen molar-refractivity contribution in [2.24, 2.45) is 5.73 Å². The summed E-state index contributed by atoms with van der Waals surface area (Å²) < 4.78 is 67.4. The van der Waals surface area contributed by atoms with Gasteiger partial charge in [0.25, 0.3) is 0 Å². The third-order valence-corrected chi connectivity index (χ3v) is 5.45. The number of amides is 3. The lowest BCUT2D eigenvalue weighted by atomic mass is 9.74. The van der Waals surface area contributed by atoms with Crippen molar-refractivity contribution < 1.29 is 31.5 Å². The number of primary amides is 1. The number of halogens is 6. The molecule has 1 aromatic heterocycles. The number of benzene rings is 1. The quantitative estimate of drug-likeness (QED) is 0.540. The van der Waals surface area contributed by atoms with E-state index in [0.717, 1.165) is 29.4 Å². The van der Waals surface area contributed by atoms with Gasteiger partial charge in [-0.2, -0.15) is 13.2 Å². The van der Waals surface area contributed by atoms with E-state index in [-0.39, 0.29) is 24.2 Å². The van der Waals surface area contributed by atoms with Crippen LogP contribution in [0.3, 0.4) is 0 Å². The van der Waals surface area contributed by atoms with Crippen LogP contribution in [-0.2, 0) is 11.0 Å². The zero-order chi connectivity index (χ0) is 23.1. The summed E-state index contributed by atoms with van der Waals surface area (Å²) in [7, 11) is 0. The topological polar surface area (TPSA) is 101 Å². The Kier molecular flexibility index (Phi) is 5.78. The lowest BCUT2D eigenvalue weighted by Gasteiger charge is -2.47. The van der Waals surface area contributed by atoms with Crippen LogP contribution in [0.15, 0.2) is 24.5 Å². The molecule has 2 aromatic rings. The fourth-order valence-corrected chi connectivity index (χ4v) is 3.82. The minimum absolute atomic E-state index is 0.0419. The Hall–Kier alpha value is -3.02. The molecule has 1 saturated heterocycles. The molecule has 0 aliphatic carbocycles. The van der Waals surface area contributed by atoms with Gasteiger partial charge in [-0.3, -0.25) is 4.79 Å². The summed E-state index contributed by atoms with van der Waals surface area (Å²) in [5, 5.41) is 1.63. The molecule has 7 nitrogen and oxygen atoms in total. The largest absolute Gasteiger partial charge is 0.451 e. The number of piperazine rings is 1. The minimum Gasteiger partial charge on any atom is -0.352 e. The maximum Gasteiger partial charge on any atom is 0.451 e. The summed E-state index contributed by atoms with van der Waals surface area (Å²) in [6.07, 6.45) is -3.34. The highest BCUT2D eigenvalue weighted by atomic mass is 35.5. The lowest BCUT2D eigenvalue weighted by molar-refractivity contribution is -0.145. The molecule has 0 saturated carbocycles. The van der Waals surface area contributed by atoms with Gasteiger partial charge in [0.15, 0.2) is 0 Å². The zero-order valence-corrected chi connectivity index (χ0v) is 16.6. The highest BCUT2D eigenvalue weighted by Crippen LogP contribution is 2.42. The molecule has 1 aliphatic rings. The van der Waals surface area contributed by atoms with Gasteiger partial charge < -0.3 is 16.0 Å². The van der Waals surface area contributed by atoms with Crippen LogP contribution in [0, 0.1) is 11.6 Å². The van der Waals surface area contributed by atoms with Crippen molar-refractivity contribution in [2.75, 3.05) is 13.1 Å². The first-order chi connectivity index (χ1) is 14.4. The molecule has 3 N–H and O–H groups in total. The minimum atomic E-state index is -4.84. The fraction of sp³-hybridized carbons (Fsp3) is 0.333. The van der Waals surface area contributed by atoms with Gasteiger partial charge in [-0.1, -0.05) is 17.7 Å². The second kappa shape index (κ2) is 7.91. The molecular weight excluding hydrogens is 449 g/mol. The monoisotopic (exact) mass is 463 g/mol. The van der Waals surface area contributed by atoms with Gasteiger partial charge in [-0.25, -0.2) is 23.5 Å². The Morgan fingerprint density at radius 3 is 2.45 bits per heavy atom. The molecule has 166 valence electrons. The fourth-order valence-electron chi connectivity index (χ4n) is 3.65. The second-order valence-electron chi connectivity index (χ2n) is 6.93. The molecule has 0 radical (unpaired) electrons. The number of urea groups is 1. The van der Waals surface area contributed by atoms with E-state index in [1.165, 1.54) is 6.92 Å². The van der Waals surface area contributed by atoms with E-state index in [4.69, 9.17) is 17.3 Å². The molecular formula is C18H15ClF5N5O2. The Labute approximate surface area is 177 Å². The maximum absolute atomic E-state index is 15.0. The van der Waals surface area contributed by atoms with Gasteiger partial charge >= 0.3 is 12.2 Å². The number of carbonyl (C=O) groups excluding carboxylic acids is 2. The number of hydrogen-bond acceptors (Lipinski definition) is 4. The highest BCUT2D eigenvalue weighted by Gasteiger charge is 2.52. The van der Waals surface area contributed by atoms with Crippen LogP contribution in [0.2, 0.25) is 5.02 Å². The molecule has 2 heterocycles. The van der Waals surface area contributed by atoms with Crippen LogP contribution >= 0.6 is 11.6 Å². The molecule has 0 spiro atoms. The van der Waals surface area contributed by atoms with E-state index in [2.05, 4.69) is 15.3 Å². The van der Waals surface area contributed by atoms with Crippen molar-refractivity contribution in [1.29, 1.82) is 0 Å². The van der Waals surface area contributed by atoms with E-state index in [1.807, 2.05) is 0 Å². The zero-order valence-electron chi connectivity index (χ0n) is 15.8. The molecule has 1 aromatic carbocycles. The van der Waals surface area contributed by atoms with Crippen LogP contribution in [-0.4, -0.2) is 45.4 Å². The molecule has 3 rings (SSSR count). The van der Waals surface area contributed by atoms with Crippen LogP contribution < -0.4 is 11.1 Å². The van der Waals surface area contributed by atoms with Crippen molar-refractivity contribution in [1.82, 2.24) is 20.2 Å². The third kappa shape index (κ3) is 3.87. The maximum atomic E-state index is 15.0. The summed E-state index contributed by atoms with van der Waals surface area (Å²) >= 11 is 5.68. The van der Waals surface area contributed by atoms with Crippen molar-refractivity contribution in [2.45, 2.75) is 24.6 Å². The molecule has 1 unspecified atom stereocenters. The van der Waals surface area contributed by atoms with Gasteiger partial charge in [0.05, 0.1) is 0 Å². The Morgan fingerprint density at radius 2 is 1.90 bits per heavy atom. The first kappa shape index (κ1) is 22.7. The number of hydrogen-bond donors (Lipinski definition) is 2. The van der Waals surface area contributed by atoms with Crippen LogP contribution in [0.5, 0.6) is 0 Å². The molecule has 1 fully saturated rings. The molecule has 31 heavy (non-hydrogen) atoms. The number of alkyl halides is 3. The Bertz CT molecular complexity index is 1030. The smallest absolute Gasteiger partial charge is 0.352 e. The summed E-state index contributed by atoms with van der Waals surface area (Å²) in [5.74, 6) is -6.04. The number of aromatic nitrogens is 2. The number of nitrogens with two attached hydrogens (primary N) is 1. The first-order valence-corrected chi connectivity index (χ1v) is 9.14. The average Bonchev–Trinajstić information content (AvgIpc) is 2.70. The molecule has 3 amide bonds. The SMILES string of the molecule is CC1([C@H](c2cnc(C(F)(F)F)nc2)c2ccc(F)c(Cl)c2F)C(=O)NCCN1C(N)=O. The van der Waals surface area contributed by atoms with E-state index in [9.17, 15) is 31.5 Å². The number of rotatable bonds is 3. The number of carbonyl (C=O) groups is 2. The Morgan fingerprint density at radius 1 is 1.29 bits per heavy atom. The summed E-state index contributed by atoms with van der Waals surface area (Å²) in [5.41, 5.74) is 2.98. The summed E-state index contributed by atoms with van der Waals surface area (Å²) in [6.45, 7) is 1.23. The van der Waals surface area contributed by atoms with Gasteiger partial charge in [0, 0.05) is 37.0 Å². The van der Waals surface area contributed by atoms with Gasteiger partial charge in [-0.15, -0.1) is 0 Å². The van der Waals surface area contributed by atoms with Crippen molar-refractivity contribution in [3.63, 3.8) is 0 Å². The van der Waals surface area contributed by atoms with E-state index in [1.54, 1.807) is 0 Å². The summed E-state index contributed by atoms with van der Waals surface area (Å²) in [6, 6.07) is 0.784. The van der Waals surface area contributed by atoms with Gasteiger partial charge in [-0.05, 0) is 18.6 Å². The lowest BCUT2D eigenvalue weighted by Crippen LogP contribution is -2.68. The van der Waals surface area contributed by atoms with E-state index >= 15 is 0 Å². The van der Waals surface area contributed by atoms with Crippen molar-refractivity contribution in [3.05, 3.63) is 58.1 Å². The predicted octanol–water partition coefficient (Wildman–Crippen LogP) is 2.83. The van der Waals surface area contributed by atoms with Crippen LogP contribution in [0.1, 0.15) is 29.8 Å². The van der Waals surface area contributed by atoms with Crippen LogP contribution in [0.25, 0.3) is 0 Å². The molecule has 2 atom stereocenters. The highest BCUT2D eigenvalue weighted by molar-refractivity contribution is 6.31.